The quantitative estimate of drug-likeness (QED) is 0.401. The van der Waals surface area contributed by atoms with Gasteiger partial charge in [-0.1, -0.05) is 0 Å². The molecule has 0 bridgehead atoms. The van der Waals surface area contributed by atoms with Crippen LogP contribution < -0.4 is 15.4 Å². The van der Waals surface area contributed by atoms with E-state index in [1.165, 1.54) is 36.5 Å². The molecule has 0 aliphatic carbocycles. The smallest absolute Gasteiger partial charge is 0.328 e. The number of pyridine rings is 2. The van der Waals surface area contributed by atoms with Crippen molar-refractivity contribution >= 4 is 44.3 Å². The average Bonchev–Trinajstić information content (AvgIpc) is 3.21. The number of hydrogen-bond donors (Lipinski definition) is 2. The minimum Gasteiger partial charge on any atom is -0.467 e. The Balaban J connectivity index is 1.56. The first kappa shape index (κ1) is 27.2. The molecular weight excluding hydrogens is 515 g/mol. The summed E-state index contributed by atoms with van der Waals surface area (Å²) in [5, 5.41) is 1.05. The topological polar surface area (TPSA) is 148 Å². The zero-order valence-corrected chi connectivity index (χ0v) is 22.3. The van der Waals surface area contributed by atoms with Crippen molar-refractivity contribution in [3.63, 3.8) is 0 Å². The monoisotopic (exact) mass is 544 g/mol. The molecule has 11 nitrogen and oxygen atoms in total. The van der Waals surface area contributed by atoms with Crippen LogP contribution in [-0.2, 0) is 30.8 Å². The largest absolute Gasteiger partial charge is 0.467 e. The molecule has 3 aromatic rings. The van der Waals surface area contributed by atoms with Gasteiger partial charge in [0.2, 0.25) is 15.9 Å². The summed E-state index contributed by atoms with van der Waals surface area (Å²) in [4.78, 5) is 37.0. The first-order chi connectivity index (χ1) is 17.9. The van der Waals surface area contributed by atoms with E-state index in [1.54, 1.807) is 38.1 Å². The number of amides is 1. The van der Waals surface area contributed by atoms with Gasteiger partial charge < -0.3 is 20.3 Å². The second-order valence-electron chi connectivity index (χ2n) is 9.30. The summed E-state index contributed by atoms with van der Waals surface area (Å²) in [5.74, 6) is -1.17. The van der Waals surface area contributed by atoms with E-state index < -0.39 is 39.8 Å². The number of nitrogens with one attached hydrogen (secondary N) is 1. The number of hydrogen-bond acceptors (Lipinski definition) is 9. The Morgan fingerprint density at radius 2 is 2.05 bits per heavy atom. The first-order valence-corrected chi connectivity index (χ1v) is 13.3. The molecule has 3 heterocycles. The van der Waals surface area contributed by atoms with Gasteiger partial charge in [0.15, 0.2) is 0 Å². The van der Waals surface area contributed by atoms with Gasteiger partial charge in [0.05, 0.1) is 7.11 Å². The lowest BCUT2D eigenvalue weighted by atomic mass is 10.0. The van der Waals surface area contributed by atoms with Crippen molar-refractivity contribution in [2.75, 3.05) is 38.4 Å². The normalized spacial score (nSPS) is 16.6. The average molecular weight is 545 g/mol. The molecule has 38 heavy (non-hydrogen) atoms. The van der Waals surface area contributed by atoms with E-state index in [1.807, 2.05) is 0 Å². The molecule has 1 fully saturated rings. The third-order valence-electron chi connectivity index (χ3n) is 6.52. The number of fused-ring (bicyclic) bond motifs is 1. The molecule has 2 aromatic heterocycles. The van der Waals surface area contributed by atoms with Crippen LogP contribution in [0.1, 0.15) is 17.5 Å². The summed E-state index contributed by atoms with van der Waals surface area (Å²) in [5.41, 5.74) is 6.66. The third kappa shape index (κ3) is 5.24. The van der Waals surface area contributed by atoms with Crippen LogP contribution in [-0.4, -0.2) is 75.0 Å². The Bertz CT molecular complexity index is 1510. The Morgan fingerprint density at radius 3 is 2.71 bits per heavy atom. The van der Waals surface area contributed by atoms with E-state index in [0.29, 0.717) is 22.2 Å². The number of ether oxygens (including phenoxy) is 1. The molecule has 0 saturated carbocycles. The van der Waals surface area contributed by atoms with E-state index in [9.17, 15) is 22.4 Å². The van der Waals surface area contributed by atoms with Crippen LogP contribution in [0.5, 0.6) is 0 Å². The molecular formula is C25H29FN6O5S. The van der Waals surface area contributed by atoms with E-state index in [-0.39, 0.29) is 35.7 Å². The fraction of sp³-hybridized carbons (Fsp3) is 0.360. The Morgan fingerprint density at radius 1 is 1.32 bits per heavy atom. The van der Waals surface area contributed by atoms with Crippen LogP contribution in [0.15, 0.2) is 41.6 Å². The van der Waals surface area contributed by atoms with Crippen LogP contribution in [0.2, 0.25) is 0 Å². The predicted octanol–water partition coefficient (Wildman–Crippen LogP) is 1.39. The number of methoxy groups -OCH3 is 1. The summed E-state index contributed by atoms with van der Waals surface area (Å²) in [7, 11) is 0.676. The standard InChI is InChI=1S/C25H29FN6O5S/c1-14-9-17(13-29-23(14)31(2)3)38(35,36)30-20-6-8-32(24(20)33)21(25(34)37-4)11-16-10-15-5-7-28-22(27)18(15)12-19(16)26/h5,7,9-10,12-13,20-21,30H,6,8,11H2,1-4H3,(H2,27,28). The molecule has 1 aliphatic heterocycles. The number of esters is 1. The number of rotatable bonds is 8. The second kappa shape index (κ2) is 10.5. The molecule has 1 aliphatic rings. The number of sulfonamides is 1. The van der Waals surface area contributed by atoms with Crippen molar-refractivity contribution in [2.45, 2.75) is 36.7 Å². The number of nitrogens with zero attached hydrogens (tertiary/aromatic N) is 4. The van der Waals surface area contributed by atoms with Crippen molar-refractivity contribution in [1.29, 1.82) is 0 Å². The zero-order valence-electron chi connectivity index (χ0n) is 21.4. The van der Waals surface area contributed by atoms with Crippen molar-refractivity contribution in [1.82, 2.24) is 19.6 Å². The number of aryl methyl sites for hydroxylation is 1. The van der Waals surface area contributed by atoms with Gasteiger partial charge in [-0.3, -0.25) is 4.79 Å². The minimum absolute atomic E-state index is 0.0781. The molecule has 202 valence electrons. The fourth-order valence-corrected chi connectivity index (χ4v) is 5.87. The number of aromatic nitrogens is 2. The number of nitrogens with two attached hydrogens (primary N) is 1. The molecule has 0 radical (unpaired) electrons. The first-order valence-electron chi connectivity index (χ1n) is 11.8. The van der Waals surface area contributed by atoms with Crippen LogP contribution in [0, 0.1) is 12.7 Å². The van der Waals surface area contributed by atoms with Gasteiger partial charge in [-0.05, 0) is 54.1 Å². The Labute approximate surface area is 219 Å². The highest BCUT2D eigenvalue weighted by Gasteiger charge is 2.41. The van der Waals surface area contributed by atoms with Gasteiger partial charge in [0, 0.05) is 44.8 Å². The Kier molecular flexibility index (Phi) is 7.51. The second-order valence-corrected chi connectivity index (χ2v) is 11.0. The number of nitrogen functional groups attached to an aromatic ring is 1. The lowest BCUT2D eigenvalue weighted by Gasteiger charge is -2.26. The molecule has 2 atom stereocenters. The summed E-state index contributed by atoms with van der Waals surface area (Å²) in [6.07, 6.45) is 2.67. The van der Waals surface area contributed by atoms with Gasteiger partial charge >= 0.3 is 5.97 Å². The van der Waals surface area contributed by atoms with E-state index in [0.717, 1.165) is 0 Å². The van der Waals surface area contributed by atoms with E-state index in [2.05, 4.69) is 14.7 Å². The third-order valence-corrected chi connectivity index (χ3v) is 7.96. The van der Waals surface area contributed by atoms with Gasteiger partial charge in [0.1, 0.15) is 34.4 Å². The number of anilines is 2. The van der Waals surface area contributed by atoms with Crippen LogP contribution in [0.25, 0.3) is 10.8 Å². The molecule has 1 aromatic carbocycles. The lowest BCUT2D eigenvalue weighted by molar-refractivity contribution is -0.151. The van der Waals surface area contributed by atoms with Gasteiger partial charge in [-0.15, -0.1) is 0 Å². The van der Waals surface area contributed by atoms with E-state index >= 15 is 0 Å². The van der Waals surface area contributed by atoms with Crippen molar-refractivity contribution in [2.24, 2.45) is 0 Å². The number of likely N-dealkylation sites (tertiary alicyclic amines) is 1. The van der Waals surface area contributed by atoms with Crippen molar-refractivity contribution in [3.8, 4) is 0 Å². The molecule has 1 amide bonds. The maximum absolute atomic E-state index is 15.0. The highest BCUT2D eigenvalue weighted by Crippen LogP contribution is 2.27. The fourth-order valence-electron chi connectivity index (χ4n) is 4.62. The van der Waals surface area contributed by atoms with Crippen LogP contribution in [0.3, 0.4) is 0 Å². The molecule has 3 N–H and O–H groups in total. The Hall–Kier alpha value is -3.84. The molecule has 1 saturated heterocycles. The molecule has 2 unspecified atom stereocenters. The molecule has 13 heteroatoms. The van der Waals surface area contributed by atoms with Gasteiger partial charge in [-0.2, -0.15) is 4.72 Å². The SMILES string of the molecule is COC(=O)C(Cc1cc2ccnc(N)c2cc1F)N1CCC(NS(=O)(=O)c2cnc(N(C)C)c(C)c2)C1=O. The zero-order chi connectivity index (χ0) is 27.8. The van der Waals surface area contributed by atoms with Crippen molar-refractivity contribution in [3.05, 3.63) is 53.6 Å². The van der Waals surface area contributed by atoms with Gasteiger partial charge in [0.25, 0.3) is 0 Å². The summed E-state index contributed by atoms with van der Waals surface area (Å²) in [6.45, 7) is 1.82. The molecule has 0 spiro atoms. The maximum atomic E-state index is 15.0. The van der Waals surface area contributed by atoms with Crippen molar-refractivity contribution < 1.29 is 27.1 Å². The summed E-state index contributed by atoms with van der Waals surface area (Å²) >= 11 is 0. The van der Waals surface area contributed by atoms with Crippen LogP contribution >= 0.6 is 0 Å². The summed E-state index contributed by atoms with van der Waals surface area (Å²) in [6, 6.07) is 3.66. The minimum atomic E-state index is -4.08. The number of benzene rings is 1. The predicted molar refractivity (Wildman–Crippen MR) is 139 cm³/mol. The molecule has 4 rings (SSSR count). The van der Waals surface area contributed by atoms with E-state index in [4.69, 9.17) is 10.5 Å². The number of carbonyl (C=O) groups is 2. The highest BCUT2D eigenvalue weighted by atomic mass is 32.2. The lowest BCUT2D eigenvalue weighted by Crippen LogP contribution is -2.48. The summed E-state index contributed by atoms with van der Waals surface area (Å²) < 4.78 is 48.4. The highest BCUT2D eigenvalue weighted by molar-refractivity contribution is 7.89. The van der Waals surface area contributed by atoms with Gasteiger partial charge in [-0.25, -0.2) is 27.6 Å². The maximum Gasteiger partial charge on any atom is 0.328 e. The number of halogens is 1. The van der Waals surface area contributed by atoms with Crippen LogP contribution in [0.4, 0.5) is 16.0 Å². The number of carbonyl (C=O) groups excluding carboxylic acids is 2.